The second kappa shape index (κ2) is 3.29. The van der Waals surface area contributed by atoms with Crippen LogP contribution in [0.1, 0.15) is 18.2 Å². The quantitative estimate of drug-likeness (QED) is 0.442. The summed E-state index contributed by atoms with van der Waals surface area (Å²) in [6, 6.07) is 0. The van der Waals surface area contributed by atoms with Crippen molar-refractivity contribution < 1.29 is 28.8 Å². The van der Waals surface area contributed by atoms with Crippen molar-refractivity contribution in [2.45, 2.75) is 12.3 Å². The largest absolute Gasteiger partial charge is 1.00 e. The summed E-state index contributed by atoms with van der Waals surface area (Å²) in [5.74, 6) is -0.698. The van der Waals surface area contributed by atoms with Crippen LogP contribution in [-0.4, -0.2) is 21.2 Å². The molecule has 2 rings (SSSR count). The van der Waals surface area contributed by atoms with Crippen molar-refractivity contribution in [3.63, 3.8) is 0 Å². The summed E-state index contributed by atoms with van der Waals surface area (Å²) in [6.07, 6.45) is 2.00. The molecule has 0 amide bonds. The predicted octanol–water partition coefficient (Wildman–Crippen LogP) is -4.34. The molecule has 1 aliphatic carbocycles. The van der Waals surface area contributed by atoms with Gasteiger partial charge in [-0.3, -0.25) is 5.10 Å². The van der Waals surface area contributed by atoms with Crippen molar-refractivity contribution in [2.24, 2.45) is 5.92 Å². The summed E-state index contributed by atoms with van der Waals surface area (Å²) in [5.41, 5.74) is 0. The first-order valence-corrected chi connectivity index (χ1v) is 3.35. The molecule has 2 atom stereocenters. The van der Waals surface area contributed by atoms with Crippen LogP contribution in [0.2, 0.25) is 0 Å². The van der Waals surface area contributed by atoms with Crippen LogP contribution < -0.4 is 24.0 Å². The fourth-order valence-electron chi connectivity index (χ4n) is 1.15. The Labute approximate surface area is 80.8 Å². The number of aromatic nitrogens is 3. The van der Waals surface area contributed by atoms with E-state index in [0.29, 0.717) is 12.2 Å². The summed E-state index contributed by atoms with van der Waals surface area (Å²) in [4.78, 5) is 14.1. The normalized spacial score (nSPS) is 26.0. The van der Waals surface area contributed by atoms with E-state index in [2.05, 4.69) is 15.2 Å². The Morgan fingerprint density at radius 3 is 2.92 bits per heavy atom. The Hall–Kier alpha value is -0.793. The third-order valence-corrected chi connectivity index (χ3v) is 1.88. The van der Waals surface area contributed by atoms with Gasteiger partial charge >= 0.3 is 18.9 Å². The number of carboxylic acids is 1. The fourth-order valence-corrected chi connectivity index (χ4v) is 1.15. The minimum absolute atomic E-state index is 0. The molecule has 0 saturated heterocycles. The molecule has 1 aromatic heterocycles. The van der Waals surface area contributed by atoms with Crippen LogP contribution in [0.15, 0.2) is 6.33 Å². The maximum atomic E-state index is 10.3. The zero-order chi connectivity index (χ0) is 7.84. The zero-order valence-corrected chi connectivity index (χ0v) is 6.65. The predicted molar refractivity (Wildman–Crippen MR) is 32.2 cm³/mol. The van der Waals surface area contributed by atoms with Gasteiger partial charge in [-0.05, 0) is 6.42 Å². The molecule has 0 aliphatic heterocycles. The maximum Gasteiger partial charge on any atom is 1.00 e. The molecule has 1 fully saturated rings. The number of aliphatic carboxylic acids is 1. The molecule has 58 valence electrons. The SMILES string of the molecule is O=C([O-])C1CC1c1ncn[nH]1.[Li+]. The molecule has 0 spiro atoms. The number of carboxylic acid groups (broad SMARTS) is 1. The number of hydrogen-bond acceptors (Lipinski definition) is 4. The molecule has 6 heteroatoms. The molecule has 12 heavy (non-hydrogen) atoms. The van der Waals surface area contributed by atoms with E-state index in [1.54, 1.807) is 0 Å². The molecule has 5 nitrogen and oxygen atoms in total. The number of rotatable bonds is 2. The topological polar surface area (TPSA) is 81.7 Å². The first kappa shape index (κ1) is 9.30. The van der Waals surface area contributed by atoms with Gasteiger partial charge in [0, 0.05) is 17.8 Å². The molecule has 1 saturated carbocycles. The number of aromatic amines is 1. The summed E-state index contributed by atoms with van der Waals surface area (Å²) in [5, 5.41) is 16.6. The molecule has 0 aromatic carbocycles. The Balaban J connectivity index is 0.000000720. The van der Waals surface area contributed by atoms with Gasteiger partial charge < -0.3 is 9.90 Å². The van der Waals surface area contributed by atoms with E-state index < -0.39 is 5.97 Å². The Morgan fingerprint density at radius 1 is 1.75 bits per heavy atom. The van der Waals surface area contributed by atoms with E-state index >= 15 is 0 Å². The van der Waals surface area contributed by atoms with Crippen molar-refractivity contribution in [2.75, 3.05) is 0 Å². The molecule has 0 bridgehead atoms. The van der Waals surface area contributed by atoms with Crippen molar-refractivity contribution in [3.05, 3.63) is 12.2 Å². The molecule has 2 unspecified atom stereocenters. The summed E-state index contributed by atoms with van der Waals surface area (Å²) < 4.78 is 0. The van der Waals surface area contributed by atoms with Gasteiger partial charge in [0.25, 0.3) is 0 Å². The Kier molecular flexibility index (Phi) is 2.55. The first-order chi connectivity index (χ1) is 5.29. The number of carbonyl (C=O) groups is 1. The number of H-pyrrole nitrogens is 1. The monoisotopic (exact) mass is 159 g/mol. The van der Waals surface area contributed by atoms with Gasteiger partial charge in [-0.15, -0.1) is 0 Å². The maximum absolute atomic E-state index is 10.3. The van der Waals surface area contributed by atoms with Crippen molar-refractivity contribution in [1.29, 1.82) is 0 Å². The molecular weight excluding hydrogens is 153 g/mol. The van der Waals surface area contributed by atoms with Crippen LogP contribution in [0.5, 0.6) is 0 Å². The van der Waals surface area contributed by atoms with Crippen LogP contribution >= 0.6 is 0 Å². The Morgan fingerprint density at radius 2 is 2.50 bits per heavy atom. The third kappa shape index (κ3) is 1.52. The van der Waals surface area contributed by atoms with E-state index in [1.807, 2.05) is 0 Å². The summed E-state index contributed by atoms with van der Waals surface area (Å²) >= 11 is 0. The third-order valence-electron chi connectivity index (χ3n) is 1.88. The minimum Gasteiger partial charge on any atom is -0.550 e. The fraction of sp³-hybridized carbons (Fsp3) is 0.500. The molecular formula is C6H6LiN3O2. The summed E-state index contributed by atoms with van der Waals surface area (Å²) in [7, 11) is 0. The average Bonchev–Trinajstić information content (AvgIpc) is 2.60. The number of hydrogen-bond donors (Lipinski definition) is 1. The van der Waals surface area contributed by atoms with Crippen LogP contribution in [0.25, 0.3) is 0 Å². The van der Waals surface area contributed by atoms with Crippen molar-refractivity contribution in [1.82, 2.24) is 15.2 Å². The number of nitrogens with zero attached hydrogens (tertiary/aromatic N) is 2. The van der Waals surface area contributed by atoms with Crippen LogP contribution in [-0.2, 0) is 4.79 Å². The number of carbonyl (C=O) groups excluding carboxylic acids is 1. The van der Waals surface area contributed by atoms with Crippen LogP contribution in [0.4, 0.5) is 0 Å². The van der Waals surface area contributed by atoms with Gasteiger partial charge in [0.15, 0.2) is 0 Å². The van der Waals surface area contributed by atoms with Crippen LogP contribution in [0.3, 0.4) is 0 Å². The van der Waals surface area contributed by atoms with Gasteiger partial charge in [-0.1, -0.05) is 0 Å². The second-order valence-electron chi connectivity index (χ2n) is 2.64. The standard InChI is InChI=1S/C6H7N3O2.Li/c10-6(11)4-1-3(4)5-7-2-8-9-5;/h2-4H,1H2,(H,10,11)(H,7,8,9);/q;+1/p-1. The Bertz CT molecular complexity index is 274. The smallest absolute Gasteiger partial charge is 0.550 e. The van der Waals surface area contributed by atoms with E-state index in [1.165, 1.54) is 6.33 Å². The molecule has 1 heterocycles. The van der Waals surface area contributed by atoms with E-state index in [9.17, 15) is 9.90 Å². The van der Waals surface area contributed by atoms with Gasteiger partial charge in [-0.2, -0.15) is 5.10 Å². The minimum atomic E-state index is -0.994. The van der Waals surface area contributed by atoms with Gasteiger partial charge in [-0.25, -0.2) is 4.98 Å². The zero-order valence-electron chi connectivity index (χ0n) is 6.65. The van der Waals surface area contributed by atoms with Crippen molar-refractivity contribution in [3.8, 4) is 0 Å². The average molecular weight is 159 g/mol. The molecule has 1 aromatic rings. The second-order valence-corrected chi connectivity index (χ2v) is 2.64. The van der Waals surface area contributed by atoms with E-state index in [4.69, 9.17) is 0 Å². The summed E-state index contributed by atoms with van der Waals surface area (Å²) in [6.45, 7) is 0. The van der Waals surface area contributed by atoms with E-state index in [0.717, 1.165) is 0 Å². The molecule has 0 radical (unpaired) electrons. The number of nitrogens with one attached hydrogen (secondary N) is 1. The van der Waals surface area contributed by atoms with Crippen LogP contribution in [0, 0.1) is 5.92 Å². The van der Waals surface area contributed by atoms with Crippen molar-refractivity contribution >= 4 is 5.97 Å². The molecule has 1 aliphatic rings. The van der Waals surface area contributed by atoms with Gasteiger partial charge in [0.2, 0.25) is 0 Å². The first-order valence-electron chi connectivity index (χ1n) is 3.35. The van der Waals surface area contributed by atoms with E-state index in [-0.39, 0.29) is 30.7 Å². The van der Waals surface area contributed by atoms with Gasteiger partial charge in [0.05, 0.1) is 0 Å². The molecule has 1 N–H and O–H groups in total. The van der Waals surface area contributed by atoms with Gasteiger partial charge in [0.1, 0.15) is 12.2 Å².